The first-order valence-corrected chi connectivity index (χ1v) is 12.6. The number of fused-ring (bicyclic) bond motifs is 1. The zero-order chi connectivity index (χ0) is 24.5. The van der Waals surface area contributed by atoms with Crippen LogP contribution in [0.3, 0.4) is 0 Å². The van der Waals surface area contributed by atoms with E-state index >= 15 is 0 Å². The highest BCUT2D eigenvalue weighted by Gasteiger charge is 2.34. The van der Waals surface area contributed by atoms with E-state index < -0.39 is 0 Å². The van der Waals surface area contributed by atoms with Gasteiger partial charge in [-0.1, -0.05) is 30.0 Å². The van der Waals surface area contributed by atoms with Gasteiger partial charge in [0, 0.05) is 38.9 Å². The number of thioether (sulfide) groups is 1. The zero-order valence-electron chi connectivity index (χ0n) is 19.2. The third kappa shape index (κ3) is 4.64. The van der Waals surface area contributed by atoms with Crippen molar-refractivity contribution in [2.45, 2.75) is 13.5 Å². The maximum atomic E-state index is 13.7. The first-order chi connectivity index (χ1) is 17.0. The molecule has 2 fully saturated rings. The number of carbonyl (C=O) groups excluding carboxylic acids is 1. The van der Waals surface area contributed by atoms with E-state index in [0.717, 1.165) is 18.7 Å². The molecule has 35 heavy (non-hydrogen) atoms. The Labute approximate surface area is 211 Å². The molecule has 5 rings (SSSR count). The lowest BCUT2D eigenvalue weighted by molar-refractivity contribution is -0.122. The monoisotopic (exact) mass is 511 g/mol. The second kappa shape index (κ2) is 9.94. The molecular weight excluding hydrogens is 486 g/mol. The number of carbonyl (C=O) groups is 1. The number of piperazine rings is 1. The van der Waals surface area contributed by atoms with Crippen LogP contribution >= 0.6 is 24.0 Å². The van der Waals surface area contributed by atoms with Gasteiger partial charge in [0.15, 0.2) is 0 Å². The summed E-state index contributed by atoms with van der Waals surface area (Å²) in [7, 11) is 0. The van der Waals surface area contributed by atoms with E-state index in [1.807, 2.05) is 19.1 Å². The summed E-state index contributed by atoms with van der Waals surface area (Å²) < 4.78 is 7.32. The predicted octanol–water partition coefficient (Wildman–Crippen LogP) is 2.11. The van der Waals surface area contributed by atoms with Crippen LogP contribution in [-0.4, -0.2) is 73.8 Å². The van der Waals surface area contributed by atoms with E-state index in [-0.39, 0.29) is 24.6 Å². The minimum Gasteiger partial charge on any atom is -0.467 e. The number of hydrogen-bond donors (Lipinski definition) is 1. The number of β-amino-alcohol motifs (C(OH)–C–C–N with tert-alkyl or cyclic N) is 1. The van der Waals surface area contributed by atoms with Gasteiger partial charge >= 0.3 is 0 Å². The number of aliphatic hydroxyl groups is 1. The Kier molecular flexibility index (Phi) is 6.74. The van der Waals surface area contributed by atoms with E-state index in [1.165, 1.54) is 21.1 Å². The Hall–Kier alpha value is -2.99. The lowest BCUT2D eigenvalue weighted by atomic mass is 10.2. The van der Waals surface area contributed by atoms with Crippen LogP contribution < -0.4 is 10.5 Å². The highest BCUT2D eigenvalue weighted by atomic mass is 32.2. The topological polar surface area (TPSA) is 94.5 Å². The van der Waals surface area contributed by atoms with Gasteiger partial charge in [0.1, 0.15) is 21.5 Å². The molecule has 11 heteroatoms. The number of nitrogens with zero attached hydrogens (tertiary/aromatic N) is 5. The normalized spacial score (nSPS) is 18.4. The molecule has 0 radical (unpaired) electrons. The molecule has 0 unspecified atom stereocenters. The van der Waals surface area contributed by atoms with Crippen LogP contribution in [0.4, 0.5) is 5.82 Å². The number of amides is 1. The number of aliphatic hydroxyl groups excluding tert-OH is 1. The fourth-order valence-electron chi connectivity index (χ4n) is 4.32. The predicted molar refractivity (Wildman–Crippen MR) is 139 cm³/mol. The highest BCUT2D eigenvalue weighted by molar-refractivity contribution is 8.26. The molecule has 2 aliphatic heterocycles. The van der Waals surface area contributed by atoms with Crippen LogP contribution in [-0.2, 0) is 11.3 Å². The standard InChI is InChI=1S/C24H25N5O4S2/c1-16-4-2-6-28-20(16)25-21(27-9-7-26(8-10-27)11-12-30)18(22(28)31)14-19-23(32)29(24(34)35-19)15-17-5-3-13-33-17/h2-6,13-14,30H,7-12,15H2,1H3. The summed E-state index contributed by atoms with van der Waals surface area (Å²) in [6.45, 7) is 5.71. The number of aryl methyl sites for hydroxylation is 1. The van der Waals surface area contributed by atoms with Crippen molar-refractivity contribution in [1.29, 1.82) is 0 Å². The Morgan fingerprint density at radius 3 is 2.71 bits per heavy atom. The summed E-state index contributed by atoms with van der Waals surface area (Å²) in [6.07, 6.45) is 4.88. The molecule has 0 aromatic carbocycles. The fourth-order valence-corrected chi connectivity index (χ4v) is 5.56. The second-order valence-corrected chi connectivity index (χ2v) is 10.1. The third-order valence-electron chi connectivity index (χ3n) is 6.20. The molecule has 0 atom stereocenters. The largest absolute Gasteiger partial charge is 0.467 e. The van der Waals surface area contributed by atoms with Crippen LogP contribution in [0.15, 0.2) is 50.8 Å². The van der Waals surface area contributed by atoms with Crippen molar-refractivity contribution in [3.63, 3.8) is 0 Å². The van der Waals surface area contributed by atoms with Gasteiger partial charge in [-0.2, -0.15) is 0 Å². The van der Waals surface area contributed by atoms with Gasteiger partial charge < -0.3 is 14.4 Å². The number of hydrogen-bond acceptors (Lipinski definition) is 9. The number of anilines is 1. The lowest BCUT2D eigenvalue weighted by Crippen LogP contribution is -2.48. The van der Waals surface area contributed by atoms with Crippen molar-refractivity contribution in [3.8, 4) is 0 Å². The van der Waals surface area contributed by atoms with Crippen LogP contribution in [0.25, 0.3) is 11.7 Å². The van der Waals surface area contributed by atoms with Gasteiger partial charge in [-0.3, -0.25) is 23.8 Å². The van der Waals surface area contributed by atoms with Crippen molar-refractivity contribution < 1.29 is 14.3 Å². The van der Waals surface area contributed by atoms with E-state index in [4.69, 9.17) is 21.6 Å². The molecule has 3 aromatic heterocycles. The van der Waals surface area contributed by atoms with Gasteiger partial charge in [0.2, 0.25) is 0 Å². The average Bonchev–Trinajstić information content (AvgIpc) is 3.46. The van der Waals surface area contributed by atoms with Crippen molar-refractivity contribution in [1.82, 2.24) is 19.2 Å². The van der Waals surface area contributed by atoms with Crippen molar-refractivity contribution in [2.75, 3.05) is 44.2 Å². The summed E-state index contributed by atoms with van der Waals surface area (Å²) >= 11 is 6.63. The number of aromatic nitrogens is 2. The van der Waals surface area contributed by atoms with Crippen LogP contribution in [0, 0.1) is 6.92 Å². The number of thiocarbonyl (C=S) groups is 1. The van der Waals surface area contributed by atoms with Gasteiger partial charge in [0.05, 0.1) is 29.9 Å². The molecule has 1 N–H and O–H groups in total. The summed E-state index contributed by atoms with van der Waals surface area (Å²) in [4.78, 5) is 37.9. The summed E-state index contributed by atoms with van der Waals surface area (Å²) in [6, 6.07) is 7.29. The second-order valence-electron chi connectivity index (χ2n) is 8.44. The summed E-state index contributed by atoms with van der Waals surface area (Å²) in [5, 5.41) is 9.26. The quantitative estimate of drug-likeness (QED) is 0.394. The first kappa shape index (κ1) is 23.7. The minimum absolute atomic E-state index is 0.111. The van der Waals surface area contributed by atoms with E-state index in [9.17, 15) is 14.7 Å². The van der Waals surface area contributed by atoms with Gasteiger partial charge in [-0.15, -0.1) is 0 Å². The molecule has 0 saturated carbocycles. The lowest BCUT2D eigenvalue weighted by Gasteiger charge is -2.35. The smallest absolute Gasteiger partial charge is 0.267 e. The Morgan fingerprint density at radius 2 is 2.00 bits per heavy atom. The maximum Gasteiger partial charge on any atom is 0.267 e. The number of rotatable bonds is 6. The third-order valence-corrected chi connectivity index (χ3v) is 7.57. The van der Waals surface area contributed by atoms with Gasteiger partial charge in [0.25, 0.3) is 11.5 Å². The van der Waals surface area contributed by atoms with E-state index in [1.54, 1.807) is 30.7 Å². The Balaban J connectivity index is 1.55. The summed E-state index contributed by atoms with van der Waals surface area (Å²) in [5.41, 5.74) is 1.61. The van der Waals surface area contributed by atoms with E-state index in [2.05, 4.69) is 9.80 Å². The fraction of sp³-hybridized carbons (Fsp3) is 0.333. The molecule has 2 saturated heterocycles. The SMILES string of the molecule is Cc1cccn2c(=O)c(C=C3SC(=S)N(Cc4ccco4)C3=O)c(N3CCN(CCO)CC3)nc12. The number of furan rings is 1. The van der Waals surface area contributed by atoms with Crippen LogP contribution in [0.5, 0.6) is 0 Å². The Bertz CT molecular complexity index is 1360. The van der Waals surface area contributed by atoms with Gasteiger partial charge in [-0.05, 0) is 36.8 Å². The number of pyridine rings is 1. The van der Waals surface area contributed by atoms with Crippen molar-refractivity contribution in [2.24, 2.45) is 0 Å². The zero-order valence-corrected chi connectivity index (χ0v) is 20.8. The molecule has 182 valence electrons. The average molecular weight is 512 g/mol. The minimum atomic E-state index is -0.260. The van der Waals surface area contributed by atoms with Crippen LogP contribution in [0.1, 0.15) is 16.9 Å². The molecule has 3 aromatic rings. The summed E-state index contributed by atoms with van der Waals surface area (Å²) in [5.74, 6) is 0.931. The molecular formula is C24H25N5O4S2. The van der Waals surface area contributed by atoms with Gasteiger partial charge in [-0.25, -0.2) is 4.98 Å². The molecule has 5 heterocycles. The molecule has 0 bridgehead atoms. The van der Waals surface area contributed by atoms with E-state index in [0.29, 0.717) is 51.6 Å². The Morgan fingerprint density at radius 1 is 1.20 bits per heavy atom. The maximum absolute atomic E-state index is 13.7. The van der Waals surface area contributed by atoms with Crippen LogP contribution in [0.2, 0.25) is 0 Å². The van der Waals surface area contributed by atoms with Crippen molar-refractivity contribution >= 4 is 51.7 Å². The molecule has 9 nitrogen and oxygen atoms in total. The highest BCUT2D eigenvalue weighted by Crippen LogP contribution is 2.34. The molecule has 0 aliphatic carbocycles. The molecule has 1 amide bonds. The van der Waals surface area contributed by atoms with Crippen molar-refractivity contribution in [3.05, 3.63) is 68.9 Å². The molecule has 2 aliphatic rings. The molecule has 0 spiro atoms. The first-order valence-electron chi connectivity index (χ1n) is 11.3.